The summed E-state index contributed by atoms with van der Waals surface area (Å²) in [6, 6.07) is 0. The van der Waals surface area contributed by atoms with Gasteiger partial charge in [-0.1, -0.05) is 6.92 Å². The Labute approximate surface area is 37.2 Å². The number of allylic oxidation sites excluding steroid dienone is 1. The number of nitrogens with one attached hydrogen (secondary N) is 1. The predicted octanol–water partition coefficient (Wildman–Crippen LogP) is 1.52. The van der Waals surface area contributed by atoms with Crippen molar-refractivity contribution in [2.75, 3.05) is 0 Å². The highest BCUT2D eigenvalue weighted by Crippen LogP contribution is 2.21. The molecule has 1 rings (SSSR count). The van der Waals surface area contributed by atoms with Gasteiger partial charge < -0.3 is 10.9 Å². The van der Waals surface area contributed by atoms with Gasteiger partial charge in [0.15, 0.2) is 0 Å². The van der Waals surface area contributed by atoms with E-state index in [0.717, 1.165) is 12.1 Å². The van der Waals surface area contributed by atoms with Gasteiger partial charge >= 0.3 is 0 Å². The second kappa shape index (κ2) is 0.980. The molecular weight excluding hydrogens is 76.1 g/mol. The fraction of sp³-hybridized carbons (Fsp3) is 0.500. The Morgan fingerprint density at radius 1 is 2.00 bits per heavy atom. The molecule has 1 aliphatic heterocycles. The van der Waals surface area contributed by atoms with E-state index in [1.54, 1.807) is 6.20 Å². The van der Waals surface area contributed by atoms with Crippen LogP contribution in [0.3, 0.4) is 0 Å². The Balaban J connectivity index is 2.23. The summed E-state index contributed by atoms with van der Waals surface area (Å²) in [7, 11) is 0. The van der Waals surface area contributed by atoms with Crippen molar-refractivity contribution in [1.29, 1.82) is 0 Å². The minimum atomic E-state index is 1.00. The molecule has 0 fully saturated rings. The molecule has 2 nitrogen and oxygen atoms in total. The van der Waals surface area contributed by atoms with Crippen molar-refractivity contribution in [2.45, 2.75) is 13.3 Å². The van der Waals surface area contributed by atoms with Crippen molar-refractivity contribution in [3.8, 4) is 0 Å². The van der Waals surface area contributed by atoms with Crippen LogP contribution in [0.1, 0.15) is 13.3 Å². The van der Waals surface area contributed by atoms with Gasteiger partial charge in [-0.05, 0) is 6.42 Å². The van der Waals surface area contributed by atoms with Crippen LogP contribution in [0.4, 0.5) is 0 Å². The summed E-state index contributed by atoms with van der Waals surface area (Å²) in [6.45, 7) is 2.04. The molecule has 6 heavy (non-hydrogen) atoms. The highest BCUT2D eigenvalue weighted by Gasteiger charge is 2.03. The molecule has 0 unspecified atom stereocenters. The first-order valence-corrected chi connectivity index (χ1v) is 2.05. The fourth-order valence-electron chi connectivity index (χ4n) is 0.382. The summed E-state index contributed by atoms with van der Waals surface area (Å²) in [5.74, 6) is 6.79. The third kappa shape index (κ3) is 0.389. The zero-order valence-electron chi connectivity index (χ0n) is 3.73. The molecule has 0 spiro atoms. The highest BCUT2D eigenvalue weighted by molar-refractivity contribution is 5.18. The lowest BCUT2D eigenvalue weighted by Crippen LogP contribution is -1.76. The van der Waals surface area contributed by atoms with Crippen LogP contribution in [0.15, 0.2) is 11.9 Å². The first kappa shape index (κ1) is 3.68. The lowest BCUT2D eigenvalue weighted by atomic mass is 10.5. The van der Waals surface area contributed by atoms with Gasteiger partial charge in [-0.2, -0.15) is 0 Å². The zero-order valence-corrected chi connectivity index (χ0v) is 3.73. The van der Waals surface area contributed by atoms with Crippen molar-refractivity contribution < 1.29 is 0 Å². The van der Waals surface area contributed by atoms with E-state index in [0.29, 0.717) is 0 Å². The smallest absolute Gasteiger partial charge is 0.0148 e. The Morgan fingerprint density at radius 2 is 2.50 bits per heavy atom. The van der Waals surface area contributed by atoms with E-state index in [4.69, 9.17) is 5.84 Å². The van der Waals surface area contributed by atoms with Gasteiger partial charge in [-0.3, -0.25) is 0 Å². The predicted molar refractivity (Wildman–Crippen MR) is 24.5 cm³/mol. The van der Waals surface area contributed by atoms with Crippen molar-refractivity contribution in [1.82, 2.24) is 5.01 Å². The van der Waals surface area contributed by atoms with Crippen molar-refractivity contribution in [2.24, 2.45) is 0 Å². The second-order valence-electron chi connectivity index (χ2n) is 1.34. The second-order valence-corrected chi connectivity index (χ2v) is 1.34. The van der Waals surface area contributed by atoms with E-state index in [-0.39, 0.29) is 0 Å². The number of nitrogens with zero attached hydrogens (tertiary/aromatic N) is 1. The van der Waals surface area contributed by atoms with Crippen LogP contribution < -0.4 is 0 Å². The lowest BCUT2D eigenvalue weighted by Gasteiger charge is -2.02. The normalized spacial score (nSPS) is 17.7. The summed E-state index contributed by atoms with van der Waals surface area (Å²) < 4.78 is 0. The van der Waals surface area contributed by atoms with Crippen LogP contribution in [0.2, 0.25) is 0 Å². The molecule has 0 aromatic heterocycles. The summed E-state index contributed by atoms with van der Waals surface area (Å²) in [4.78, 5) is 0. The summed E-state index contributed by atoms with van der Waals surface area (Å²) in [5, 5.41) is 1.39. The van der Waals surface area contributed by atoms with Gasteiger partial charge in [0.05, 0.1) is 0 Å². The van der Waals surface area contributed by atoms with Gasteiger partial charge in [0.2, 0.25) is 0 Å². The van der Waals surface area contributed by atoms with Crippen LogP contribution in [0.5, 0.6) is 0 Å². The zero-order chi connectivity index (χ0) is 4.57. The highest BCUT2D eigenvalue weighted by atomic mass is 15.5. The monoisotopic (exact) mass is 83.1 g/mol. The van der Waals surface area contributed by atoms with Crippen LogP contribution in [0.25, 0.3) is 5.84 Å². The molecular formula is C4H7N2-. The van der Waals surface area contributed by atoms with E-state index in [1.165, 1.54) is 5.01 Å². The van der Waals surface area contributed by atoms with E-state index >= 15 is 0 Å². The minimum absolute atomic E-state index is 1.00. The molecule has 0 amide bonds. The molecule has 0 aromatic carbocycles. The maximum Gasteiger partial charge on any atom is 0.0148 e. The third-order valence-corrected chi connectivity index (χ3v) is 0.882. The molecule has 0 aliphatic carbocycles. The standard InChI is InChI=1S/C4H7N2/c1-2-4-3-6(4)5/h3,5H,2H2,1H3/q-1. The topological polar surface area (TPSA) is 26.8 Å². The van der Waals surface area contributed by atoms with Crippen molar-refractivity contribution >= 4 is 0 Å². The molecule has 0 radical (unpaired) electrons. The number of rotatable bonds is 1. The molecule has 0 saturated heterocycles. The quantitative estimate of drug-likeness (QED) is 0.472. The number of hydrogen-bond donors (Lipinski definition) is 0. The first-order chi connectivity index (χ1) is 2.84. The summed E-state index contributed by atoms with van der Waals surface area (Å²) in [6.07, 6.45) is 2.81. The molecule has 0 saturated carbocycles. The van der Waals surface area contributed by atoms with Crippen LogP contribution in [0, 0.1) is 0 Å². The van der Waals surface area contributed by atoms with Gasteiger partial charge in [-0.15, -0.1) is 0 Å². The molecule has 1 N–H and O–H groups in total. The average molecular weight is 83.1 g/mol. The van der Waals surface area contributed by atoms with Crippen LogP contribution >= 0.6 is 0 Å². The Bertz CT molecular complexity index is 85.5. The number of hydrogen-bond acceptors (Lipinski definition) is 1. The largest absolute Gasteiger partial charge is 0.579 e. The van der Waals surface area contributed by atoms with Crippen LogP contribution in [-0.2, 0) is 0 Å². The van der Waals surface area contributed by atoms with E-state index in [9.17, 15) is 0 Å². The van der Waals surface area contributed by atoms with Gasteiger partial charge in [0, 0.05) is 11.9 Å². The average Bonchev–Trinajstić information content (AvgIpc) is 2.19. The van der Waals surface area contributed by atoms with Gasteiger partial charge in [0.1, 0.15) is 0 Å². The van der Waals surface area contributed by atoms with E-state index in [1.807, 2.05) is 6.92 Å². The lowest BCUT2D eigenvalue weighted by molar-refractivity contribution is 0.766. The van der Waals surface area contributed by atoms with E-state index in [2.05, 4.69) is 0 Å². The minimum Gasteiger partial charge on any atom is -0.579 e. The molecule has 34 valence electrons. The molecule has 2 heteroatoms. The fourth-order valence-corrected chi connectivity index (χ4v) is 0.382. The summed E-state index contributed by atoms with van der Waals surface area (Å²) >= 11 is 0. The molecule has 1 heterocycles. The molecule has 0 atom stereocenters. The Morgan fingerprint density at radius 3 is 2.50 bits per heavy atom. The van der Waals surface area contributed by atoms with Crippen molar-refractivity contribution in [3.05, 3.63) is 17.7 Å². The third-order valence-electron chi connectivity index (χ3n) is 0.882. The molecule has 0 aromatic rings. The maximum atomic E-state index is 6.79. The molecule has 0 bridgehead atoms. The van der Waals surface area contributed by atoms with Crippen LogP contribution in [-0.4, -0.2) is 5.01 Å². The summed E-state index contributed by atoms with van der Waals surface area (Å²) in [5.41, 5.74) is 1.13. The van der Waals surface area contributed by atoms with E-state index < -0.39 is 0 Å². The van der Waals surface area contributed by atoms with Gasteiger partial charge in [-0.25, -0.2) is 0 Å². The SMILES string of the molecule is CCC1=CN1[NH-]. The Hall–Kier alpha value is -0.500. The maximum absolute atomic E-state index is 6.79. The first-order valence-electron chi connectivity index (χ1n) is 2.05. The Kier molecular flexibility index (Phi) is 0.601. The van der Waals surface area contributed by atoms with Gasteiger partial charge in [0.25, 0.3) is 0 Å². The van der Waals surface area contributed by atoms with Crippen molar-refractivity contribution in [3.63, 3.8) is 0 Å². The molecule has 1 aliphatic rings.